The van der Waals surface area contributed by atoms with Gasteiger partial charge in [-0.3, -0.25) is 4.90 Å². The average molecular weight is 256 g/mol. The van der Waals surface area contributed by atoms with E-state index in [1.165, 1.54) is 6.42 Å². The highest BCUT2D eigenvalue weighted by Crippen LogP contribution is 2.23. The second kappa shape index (κ2) is 6.88. The van der Waals surface area contributed by atoms with E-state index in [1.807, 2.05) is 0 Å². The average Bonchev–Trinajstić information content (AvgIpc) is 2.21. The monoisotopic (exact) mass is 256 g/mol. The summed E-state index contributed by atoms with van der Waals surface area (Å²) < 4.78 is 5.98. The van der Waals surface area contributed by atoms with Gasteiger partial charge in [-0.1, -0.05) is 20.8 Å². The smallest absolute Gasteiger partial charge is 0.0757 e. The van der Waals surface area contributed by atoms with Crippen molar-refractivity contribution < 1.29 is 4.74 Å². The Morgan fingerprint density at radius 1 is 1.33 bits per heavy atom. The molecule has 0 aromatic rings. The van der Waals surface area contributed by atoms with Gasteiger partial charge in [-0.25, -0.2) is 0 Å². The molecule has 0 amide bonds. The van der Waals surface area contributed by atoms with Crippen LogP contribution in [0.15, 0.2) is 0 Å². The van der Waals surface area contributed by atoms with Crippen LogP contribution in [0.2, 0.25) is 0 Å². The number of ether oxygens (including phenoxy) is 1. The first kappa shape index (κ1) is 15.9. The number of nitrogens with zero attached hydrogens (tertiary/aromatic N) is 1. The van der Waals surface area contributed by atoms with Crippen molar-refractivity contribution >= 4 is 0 Å². The standard InChI is InChI=1S/C15H32N2O/c1-7-14(9-16-8-12(2)3)17-10-13(4)18-15(5,6)11-17/h12-14,16H,7-11H2,1-6H3. The first-order valence-corrected chi connectivity index (χ1v) is 7.46. The molecule has 1 heterocycles. The van der Waals surface area contributed by atoms with Gasteiger partial charge in [0.2, 0.25) is 0 Å². The minimum atomic E-state index is -0.0108. The summed E-state index contributed by atoms with van der Waals surface area (Å²) in [5.74, 6) is 0.725. The Morgan fingerprint density at radius 2 is 2.00 bits per heavy atom. The lowest BCUT2D eigenvalue weighted by molar-refractivity contribution is -0.137. The van der Waals surface area contributed by atoms with Gasteiger partial charge >= 0.3 is 0 Å². The van der Waals surface area contributed by atoms with E-state index in [-0.39, 0.29) is 5.60 Å². The molecule has 1 aliphatic heterocycles. The highest BCUT2D eigenvalue weighted by molar-refractivity contribution is 4.86. The van der Waals surface area contributed by atoms with E-state index in [0.717, 1.165) is 32.1 Å². The summed E-state index contributed by atoms with van der Waals surface area (Å²) in [4.78, 5) is 2.60. The topological polar surface area (TPSA) is 24.5 Å². The zero-order chi connectivity index (χ0) is 13.8. The molecule has 2 atom stereocenters. The van der Waals surface area contributed by atoms with Gasteiger partial charge in [0.25, 0.3) is 0 Å². The van der Waals surface area contributed by atoms with Crippen LogP contribution in [-0.2, 0) is 4.74 Å². The Hall–Kier alpha value is -0.120. The van der Waals surface area contributed by atoms with Crippen molar-refractivity contribution in [2.24, 2.45) is 5.92 Å². The summed E-state index contributed by atoms with van der Waals surface area (Å²) in [7, 11) is 0. The minimum absolute atomic E-state index is 0.0108. The van der Waals surface area contributed by atoms with Crippen LogP contribution in [0.1, 0.15) is 48.0 Å². The molecule has 0 spiro atoms. The third kappa shape index (κ3) is 5.25. The SMILES string of the molecule is CCC(CNCC(C)C)N1CC(C)OC(C)(C)C1. The van der Waals surface area contributed by atoms with E-state index in [1.54, 1.807) is 0 Å². The van der Waals surface area contributed by atoms with Crippen LogP contribution in [0.4, 0.5) is 0 Å². The molecule has 2 unspecified atom stereocenters. The van der Waals surface area contributed by atoms with E-state index in [4.69, 9.17) is 4.74 Å². The van der Waals surface area contributed by atoms with Crippen molar-refractivity contribution in [1.29, 1.82) is 0 Å². The van der Waals surface area contributed by atoms with Crippen molar-refractivity contribution in [3.05, 3.63) is 0 Å². The van der Waals surface area contributed by atoms with Gasteiger partial charge in [0.1, 0.15) is 0 Å². The van der Waals surface area contributed by atoms with Crippen LogP contribution in [0.3, 0.4) is 0 Å². The molecule has 3 heteroatoms. The fourth-order valence-electron chi connectivity index (χ4n) is 2.85. The first-order valence-electron chi connectivity index (χ1n) is 7.46. The van der Waals surface area contributed by atoms with E-state index in [2.05, 4.69) is 51.8 Å². The van der Waals surface area contributed by atoms with Gasteiger partial charge in [0, 0.05) is 25.7 Å². The second-order valence-corrected chi connectivity index (χ2v) is 6.73. The molecular weight excluding hydrogens is 224 g/mol. The van der Waals surface area contributed by atoms with E-state index in [9.17, 15) is 0 Å². The molecule has 0 aromatic carbocycles. The van der Waals surface area contributed by atoms with Crippen LogP contribution in [0.25, 0.3) is 0 Å². The molecule has 0 saturated carbocycles. The summed E-state index contributed by atoms with van der Waals surface area (Å²) in [6.07, 6.45) is 1.54. The highest BCUT2D eigenvalue weighted by atomic mass is 16.5. The second-order valence-electron chi connectivity index (χ2n) is 6.73. The fraction of sp³-hybridized carbons (Fsp3) is 1.00. The summed E-state index contributed by atoms with van der Waals surface area (Å²) in [5.41, 5.74) is -0.0108. The molecule has 0 aromatic heterocycles. The maximum absolute atomic E-state index is 5.98. The van der Waals surface area contributed by atoms with Crippen molar-refractivity contribution in [2.75, 3.05) is 26.2 Å². The van der Waals surface area contributed by atoms with Crippen molar-refractivity contribution in [2.45, 2.75) is 65.7 Å². The Balaban J connectivity index is 2.48. The lowest BCUT2D eigenvalue weighted by Crippen LogP contribution is -2.57. The summed E-state index contributed by atoms with van der Waals surface area (Å²) >= 11 is 0. The molecule has 1 N–H and O–H groups in total. The molecule has 18 heavy (non-hydrogen) atoms. The number of hydrogen-bond donors (Lipinski definition) is 1. The van der Waals surface area contributed by atoms with Crippen LogP contribution >= 0.6 is 0 Å². The third-order valence-corrected chi connectivity index (χ3v) is 3.52. The quantitative estimate of drug-likeness (QED) is 0.790. The lowest BCUT2D eigenvalue weighted by Gasteiger charge is -2.45. The highest BCUT2D eigenvalue weighted by Gasteiger charge is 2.33. The van der Waals surface area contributed by atoms with E-state index >= 15 is 0 Å². The summed E-state index contributed by atoms with van der Waals surface area (Å²) in [5, 5.41) is 3.59. The third-order valence-electron chi connectivity index (χ3n) is 3.52. The molecule has 1 saturated heterocycles. The van der Waals surface area contributed by atoms with Gasteiger partial charge in [0.05, 0.1) is 11.7 Å². The maximum atomic E-state index is 5.98. The molecule has 0 radical (unpaired) electrons. The Kier molecular flexibility index (Phi) is 6.09. The van der Waals surface area contributed by atoms with Gasteiger partial charge < -0.3 is 10.1 Å². The Labute approximate surface area is 113 Å². The molecule has 0 bridgehead atoms. The van der Waals surface area contributed by atoms with Crippen LogP contribution in [-0.4, -0.2) is 48.8 Å². The summed E-state index contributed by atoms with van der Waals surface area (Å²) in [6, 6.07) is 0.634. The minimum Gasteiger partial charge on any atom is -0.370 e. The van der Waals surface area contributed by atoms with Crippen LogP contribution in [0, 0.1) is 5.92 Å². The number of rotatable bonds is 6. The van der Waals surface area contributed by atoms with Gasteiger partial charge in [-0.05, 0) is 39.7 Å². The molecule has 0 aliphatic carbocycles. The fourth-order valence-corrected chi connectivity index (χ4v) is 2.85. The predicted octanol–water partition coefficient (Wildman–Crippen LogP) is 2.51. The van der Waals surface area contributed by atoms with Crippen molar-refractivity contribution in [3.63, 3.8) is 0 Å². The zero-order valence-corrected chi connectivity index (χ0v) is 13.1. The normalized spacial score (nSPS) is 26.5. The number of hydrogen-bond acceptors (Lipinski definition) is 3. The Bertz CT molecular complexity index is 241. The largest absolute Gasteiger partial charge is 0.370 e. The lowest BCUT2D eigenvalue weighted by atomic mass is 10.0. The number of nitrogens with one attached hydrogen (secondary N) is 1. The molecule has 1 aliphatic rings. The summed E-state index contributed by atoms with van der Waals surface area (Å²) in [6.45, 7) is 17.7. The first-order chi connectivity index (χ1) is 8.34. The molecule has 1 rings (SSSR count). The number of morpholine rings is 1. The van der Waals surface area contributed by atoms with Crippen molar-refractivity contribution in [1.82, 2.24) is 10.2 Å². The maximum Gasteiger partial charge on any atom is 0.0757 e. The zero-order valence-electron chi connectivity index (χ0n) is 13.1. The van der Waals surface area contributed by atoms with Crippen LogP contribution < -0.4 is 5.32 Å². The molecule has 108 valence electrons. The molecule has 1 fully saturated rings. The van der Waals surface area contributed by atoms with Gasteiger partial charge in [-0.2, -0.15) is 0 Å². The Morgan fingerprint density at radius 3 is 2.50 bits per heavy atom. The van der Waals surface area contributed by atoms with Crippen molar-refractivity contribution in [3.8, 4) is 0 Å². The van der Waals surface area contributed by atoms with Crippen LogP contribution in [0.5, 0.6) is 0 Å². The van der Waals surface area contributed by atoms with Gasteiger partial charge in [0.15, 0.2) is 0 Å². The van der Waals surface area contributed by atoms with E-state index in [0.29, 0.717) is 12.1 Å². The predicted molar refractivity (Wildman–Crippen MR) is 78.0 cm³/mol. The van der Waals surface area contributed by atoms with Gasteiger partial charge in [-0.15, -0.1) is 0 Å². The molecule has 3 nitrogen and oxygen atoms in total. The van der Waals surface area contributed by atoms with E-state index < -0.39 is 0 Å². The molecular formula is C15H32N2O.